The topological polar surface area (TPSA) is 534 Å². The fraction of sp³-hybridized carbons (Fsp3) is 0.345. The van der Waals surface area contributed by atoms with E-state index in [0.29, 0.717) is 101 Å². The second kappa shape index (κ2) is 38.3. The minimum absolute atomic E-state index is 0.00323. The van der Waals surface area contributed by atoms with Crippen molar-refractivity contribution in [2.24, 2.45) is 23.1 Å². The van der Waals surface area contributed by atoms with Crippen molar-refractivity contribution in [1.29, 1.82) is 0 Å². The van der Waals surface area contributed by atoms with Crippen LogP contribution in [0.2, 0.25) is 0 Å². The van der Waals surface area contributed by atoms with E-state index in [1.165, 1.54) is 44.8 Å². The quantitative estimate of drug-likeness (QED) is 0.0255. The molecule has 38 nitrogen and oxygen atoms in total. The molecule has 13 N–H and O–H groups in total. The lowest BCUT2D eigenvalue weighted by atomic mass is 10.0. The van der Waals surface area contributed by atoms with Gasteiger partial charge in [0.25, 0.3) is 59.1 Å². The van der Waals surface area contributed by atoms with Gasteiger partial charge in [-0.15, -0.1) is 0 Å². The first kappa shape index (κ1) is 89.5. The number of nitrogens with two attached hydrogens (primary N) is 3. The van der Waals surface area contributed by atoms with Gasteiger partial charge in [0.1, 0.15) is 43.2 Å². The third-order valence-electron chi connectivity index (χ3n) is 22.8. The summed E-state index contributed by atoms with van der Waals surface area (Å²) in [6.07, 6.45) is 12.4. The molecule has 4 aromatic carbocycles. The van der Waals surface area contributed by atoms with Crippen LogP contribution < -0.4 is 17.2 Å². The van der Waals surface area contributed by atoms with Gasteiger partial charge in [-0.2, -0.15) is 0 Å². The van der Waals surface area contributed by atoms with E-state index in [1.54, 1.807) is 154 Å². The molecule has 4 saturated heterocycles. The molecule has 656 valence electrons. The largest absolute Gasteiger partial charge is 0.465 e. The van der Waals surface area contributed by atoms with Gasteiger partial charge in [-0.3, -0.25) is 67.5 Å². The molecule has 0 saturated carbocycles. The number of imide groups is 4. The van der Waals surface area contributed by atoms with E-state index in [-0.39, 0.29) is 112 Å². The Bertz CT molecular complexity index is 5380. The van der Waals surface area contributed by atoms with Crippen LogP contribution in [0, 0.1) is 5.92 Å². The number of aliphatic hydroxyl groups excluding tert-OH is 6. The van der Waals surface area contributed by atoms with Crippen molar-refractivity contribution in [2.45, 2.75) is 146 Å². The number of rotatable bonds is 22. The molecule has 10 amide bonds. The maximum atomic E-state index is 12.7. The van der Waals surface area contributed by atoms with Crippen molar-refractivity contribution in [1.82, 2.24) is 42.9 Å². The van der Waals surface area contributed by atoms with Crippen LogP contribution in [0.4, 0.5) is 0 Å². The zero-order valence-corrected chi connectivity index (χ0v) is 68.3. The Morgan fingerprint density at radius 2 is 0.632 bits per heavy atom. The van der Waals surface area contributed by atoms with Gasteiger partial charge >= 0.3 is 17.9 Å². The van der Waals surface area contributed by atoms with Crippen LogP contribution >= 0.6 is 0 Å². The molecule has 8 aliphatic heterocycles. The van der Waals surface area contributed by atoms with E-state index in [0.717, 1.165) is 27.5 Å². The number of methoxy groups -OCH3 is 3. The Labute approximate surface area is 712 Å². The monoisotopic (exact) mass is 1720 g/mol. The summed E-state index contributed by atoms with van der Waals surface area (Å²) in [7, 11) is 3.83. The number of aliphatic hydroxyl groups is 6. The van der Waals surface area contributed by atoms with Crippen LogP contribution in [-0.2, 0) is 65.9 Å². The molecule has 4 fully saturated rings. The number of amides is 10. The molecule has 5 aromatic heterocycles. The summed E-state index contributed by atoms with van der Waals surface area (Å²) in [4.78, 5) is 167. The molecular formula is C87H92N12O26. The highest BCUT2D eigenvalue weighted by atomic mass is 16.6. The smallest absolute Gasteiger partial charge is 0.339 e. The van der Waals surface area contributed by atoms with E-state index >= 15 is 0 Å². The lowest BCUT2D eigenvalue weighted by molar-refractivity contribution is -0.0443. The number of aromatic amines is 1. The van der Waals surface area contributed by atoms with Gasteiger partial charge in [-0.1, -0.05) is 62.4 Å². The number of primary amides is 2. The van der Waals surface area contributed by atoms with E-state index in [4.69, 9.17) is 50.7 Å². The van der Waals surface area contributed by atoms with Gasteiger partial charge in [-0.25, -0.2) is 14.4 Å². The van der Waals surface area contributed by atoms with Crippen molar-refractivity contribution in [3.63, 3.8) is 0 Å². The maximum absolute atomic E-state index is 12.7. The van der Waals surface area contributed by atoms with Crippen LogP contribution in [0.25, 0.3) is 0 Å². The Morgan fingerprint density at radius 1 is 0.376 bits per heavy atom. The molecule has 38 heteroatoms. The van der Waals surface area contributed by atoms with Gasteiger partial charge in [0.15, 0.2) is 0 Å². The molecule has 17 rings (SSSR count). The molecule has 13 heterocycles. The summed E-state index contributed by atoms with van der Waals surface area (Å²) in [5, 5.41) is 57.0. The van der Waals surface area contributed by atoms with E-state index in [2.05, 4.69) is 23.6 Å². The number of benzene rings is 4. The molecule has 12 atom stereocenters. The number of fused-ring (bicyclic) bond motifs is 4. The Hall–Kier alpha value is -13.3. The van der Waals surface area contributed by atoms with Crippen molar-refractivity contribution in [3.8, 4) is 0 Å². The molecular weight excluding hydrogens is 1630 g/mol. The number of nitrogens with zero attached hydrogens (tertiary/aromatic N) is 8. The summed E-state index contributed by atoms with van der Waals surface area (Å²) in [5.74, 6) is -5.62. The highest BCUT2D eigenvalue weighted by Crippen LogP contribution is 2.39. The first-order chi connectivity index (χ1) is 60.0. The first-order valence-corrected chi connectivity index (χ1v) is 39.8. The number of H-pyrrole nitrogens is 1. The number of hydrogen-bond acceptors (Lipinski definition) is 27. The van der Waals surface area contributed by atoms with E-state index < -0.39 is 109 Å². The average molecular weight is 1720 g/mol. The zero-order valence-electron chi connectivity index (χ0n) is 68.3. The summed E-state index contributed by atoms with van der Waals surface area (Å²) < 4.78 is 43.8. The summed E-state index contributed by atoms with van der Waals surface area (Å²) in [6, 6.07) is 26.5. The summed E-state index contributed by atoms with van der Waals surface area (Å²) in [6.45, 7) is 3.34. The van der Waals surface area contributed by atoms with Gasteiger partial charge in [0.05, 0.1) is 164 Å². The minimum atomic E-state index is -0.839. The molecule has 125 heavy (non-hydrogen) atoms. The number of esters is 3. The van der Waals surface area contributed by atoms with Crippen LogP contribution in [-0.4, -0.2) is 234 Å². The summed E-state index contributed by atoms with van der Waals surface area (Å²) >= 11 is 0. The first-order valence-electron chi connectivity index (χ1n) is 39.8. The highest BCUT2D eigenvalue weighted by Gasteiger charge is 2.44. The van der Waals surface area contributed by atoms with Crippen molar-refractivity contribution >= 4 is 77.0 Å². The molecule has 8 aliphatic rings. The zero-order chi connectivity index (χ0) is 89.7. The van der Waals surface area contributed by atoms with E-state index in [9.17, 15) is 87.9 Å². The summed E-state index contributed by atoms with van der Waals surface area (Å²) in [5.41, 5.74) is 22.9. The normalized spacial score (nSPS) is 22.6. The third-order valence-corrected chi connectivity index (χ3v) is 22.8. The van der Waals surface area contributed by atoms with Crippen LogP contribution in [0.15, 0.2) is 159 Å². The van der Waals surface area contributed by atoms with Gasteiger partial charge in [0, 0.05) is 110 Å². The number of ether oxygens (including phenoxy) is 7. The standard InChI is InChI=1S/C22H24N2O5.C20H20N2O7.C19H19N3O6.C15H12N2O4.C11H17N3O4/c1-4-18-13(2)9-19(29-18)23-10-14(17(12-23)22(27)28-3)11-24-20(25)15-7-5-6-8-16(15)21(24)26;1-28-20(27)14-9-21(17-6-15(24)16(10-23)29-17)7-11(14)8-22-18(25)12-4-2-3-5-13(12)19(22)26;20-17(25)13-8-21(16-5-14(24)15(9-23)28-16)6-10(13)7-22-18(26)11-3-1-2-4-12(11)19(22)27;1-21-15(20)12-7-16-6-9(12)8-17-13(18)10-4-2-3-5-11(10)14(17)19;12-2-6-3-14(4-7(6)11(13)17)10-1-8(16)9(5-15)18-10/h5-8,10,12-13,18-19H,4,9,11H2,1-3H3;2-5,7,9,15-17,23-24H,6,8,10H2,1H3;1-4,6,8,14-16,23-24H,5,7,9H2,(H2,20,25);2-7,16H,8H2,1H3;3-4,8-10,15-16H,1-2,5,12H2,(H2,13,17). The van der Waals surface area contributed by atoms with Crippen molar-refractivity contribution < 1.29 is 126 Å². The SMILES string of the molecule is CCC1OC(n2cc(CN3C(=O)c4ccccc4C3=O)c(C(=O)OC)c2)CC1C.COC(=O)c1c[nH]cc1CN1C(=O)c2ccccc2C1=O.COC(=O)c1cn(C2CC(O)C(CO)O2)cc1CN1C(=O)c2ccccc2C1=O.NC(=O)c1cn(C2CC(O)C(CO)O2)cc1CN1C(=O)c2ccccc2C1=O.NCc1cn(C2CC(O)C(CO)O2)cc1C(N)=O. The minimum Gasteiger partial charge on any atom is -0.465 e. The molecule has 0 aliphatic carbocycles. The molecule has 0 radical (unpaired) electrons. The average Bonchev–Trinajstić information content (AvgIpc) is 1.63. The predicted molar refractivity (Wildman–Crippen MR) is 433 cm³/mol. The second-order valence-electron chi connectivity index (χ2n) is 30.4. The predicted octanol–water partition coefficient (Wildman–Crippen LogP) is 4.42. The third kappa shape index (κ3) is 18.1. The Balaban J connectivity index is 0.000000136. The molecule has 9 aromatic rings. The highest BCUT2D eigenvalue weighted by molar-refractivity contribution is 6.24. The maximum Gasteiger partial charge on any atom is 0.339 e. The molecule has 0 spiro atoms. The van der Waals surface area contributed by atoms with Crippen LogP contribution in [0.1, 0.15) is 233 Å². The number of hydrogen-bond donors (Lipinski definition) is 10. The van der Waals surface area contributed by atoms with E-state index in [1.807, 2.05) is 4.57 Å². The lowest BCUT2D eigenvalue weighted by Crippen LogP contribution is -2.30. The molecule has 12 unspecified atom stereocenters. The number of nitrogens with one attached hydrogen (secondary N) is 1. The fourth-order valence-corrected chi connectivity index (χ4v) is 16.1. The van der Waals surface area contributed by atoms with Gasteiger partial charge in [0.2, 0.25) is 0 Å². The van der Waals surface area contributed by atoms with Crippen LogP contribution in [0.3, 0.4) is 0 Å². The number of aromatic nitrogens is 5. The lowest BCUT2D eigenvalue weighted by Gasteiger charge is -2.15. The number of carbonyl (C=O) groups is 13. The fourth-order valence-electron chi connectivity index (χ4n) is 16.1. The van der Waals surface area contributed by atoms with Crippen molar-refractivity contribution in [2.75, 3.05) is 41.2 Å². The van der Waals surface area contributed by atoms with Crippen molar-refractivity contribution in [3.05, 3.63) is 259 Å². The molecule has 0 bridgehead atoms. The second-order valence-corrected chi connectivity index (χ2v) is 30.4. The number of carbonyl (C=O) groups excluding carboxylic acids is 13. The Morgan fingerprint density at radius 3 is 0.888 bits per heavy atom. The van der Waals surface area contributed by atoms with Gasteiger partial charge in [-0.05, 0) is 72.9 Å². The van der Waals surface area contributed by atoms with Crippen LogP contribution in [0.5, 0.6) is 0 Å². The van der Waals surface area contributed by atoms with Gasteiger partial charge < -0.3 is 104 Å². The Kier molecular flexibility index (Phi) is 27.4.